The molecule has 0 unspecified atom stereocenters. The zero-order chi connectivity index (χ0) is 18.5. The normalized spacial score (nSPS) is 11.8. The van der Waals surface area contributed by atoms with Gasteiger partial charge in [-0.05, 0) is 53.8 Å². The Balaban J connectivity index is 2.22. The van der Waals surface area contributed by atoms with E-state index in [1.165, 1.54) is 23.9 Å². The minimum atomic E-state index is -0.338. The number of ketones is 1. The molecular formula is C22H16ClFOS. The molecule has 3 aromatic rings. The van der Waals surface area contributed by atoms with Crippen LogP contribution in [0.2, 0.25) is 5.02 Å². The summed E-state index contributed by atoms with van der Waals surface area (Å²) in [5.41, 5.74) is 2.80. The first-order chi connectivity index (χ1) is 12.6. The Hall–Kier alpha value is -2.36. The number of hydrogen-bond acceptors (Lipinski definition) is 2. The summed E-state index contributed by atoms with van der Waals surface area (Å²) in [6, 6.07) is 22.7. The van der Waals surface area contributed by atoms with Gasteiger partial charge in [0.1, 0.15) is 5.82 Å². The Labute approximate surface area is 161 Å². The van der Waals surface area contributed by atoms with Crippen LogP contribution in [-0.4, -0.2) is 12.0 Å². The van der Waals surface area contributed by atoms with E-state index in [-0.39, 0.29) is 11.6 Å². The highest BCUT2D eigenvalue weighted by Crippen LogP contribution is 2.34. The first kappa shape index (κ1) is 18.4. The standard InChI is InChI=1S/C22H16ClFOS/c1-26-22(21(25)16-10-12-18(23)13-11-16)20(15-6-3-2-4-7-15)17-8-5-9-19(24)14-17/h2-14H,1H3/b22-20+. The summed E-state index contributed by atoms with van der Waals surface area (Å²) in [6.07, 6.45) is 1.85. The molecule has 4 heteroatoms. The van der Waals surface area contributed by atoms with E-state index in [1.54, 1.807) is 30.3 Å². The van der Waals surface area contributed by atoms with Crippen molar-refractivity contribution >= 4 is 34.7 Å². The first-order valence-electron chi connectivity index (χ1n) is 8.00. The summed E-state index contributed by atoms with van der Waals surface area (Å²) in [6.45, 7) is 0. The fraction of sp³-hybridized carbons (Fsp3) is 0.0455. The third-order valence-electron chi connectivity index (χ3n) is 3.92. The average molecular weight is 383 g/mol. The maximum absolute atomic E-state index is 13.9. The monoisotopic (exact) mass is 382 g/mol. The molecule has 0 amide bonds. The molecule has 0 radical (unpaired) electrons. The Morgan fingerprint density at radius 1 is 0.846 bits per heavy atom. The number of rotatable bonds is 5. The number of carbonyl (C=O) groups is 1. The SMILES string of the molecule is CS/C(C(=O)c1ccc(Cl)cc1)=C(\c1ccccc1)c1cccc(F)c1. The molecule has 0 aliphatic heterocycles. The highest BCUT2D eigenvalue weighted by molar-refractivity contribution is 8.03. The predicted molar refractivity (Wildman–Crippen MR) is 108 cm³/mol. The molecule has 0 saturated carbocycles. The molecule has 0 aromatic heterocycles. The van der Waals surface area contributed by atoms with Crippen molar-refractivity contribution in [3.05, 3.63) is 111 Å². The van der Waals surface area contributed by atoms with Crippen molar-refractivity contribution in [3.8, 4) is 0 Å². The van der Waals surface area contributed by atoms with Gasteiger partial charge in [0, 0.05) is 16.2 Å². The van der Waals surface area contributed by atoms with Crippen LogP contribution in [0.15, 0.2) is 83.8 Å². The van der Waals surface area contributed by atoms with Crippen LogP contribution >= 0.6 is 23.4 Å². The molecule has 3 aromatic carbocycles. The summed E-state index contributed by atoms with van der Waals surface area (Å²) in [5.74, 6) is -0.451. The number of Topliss-reactive ketones (excluding diaryl/α,β-unsaturated/α-hetero) is 1. The van der Waals surface area contributed by atoms with Crippen molar-refractivity contribution < 1.29 is 9.18 Å². The molecule has 0 aliphatic carbocycles. The molecule has 3 rings (SSSR count). The summed E-state index contributed by atoms with van der Waals surface area (Å²) in [4.78, 5) is 13.7. The van der Waals surface area contributed by atoms with E-state index in [0.717, 1.165) is 11.1 Å². The van der Waals surface area contributed by atoms with E-state index in [1.807, 2.05) is 42.7 Å². The van der Waals surface area contributed by atoms with Gasteiger partial charge in [-0.2, -0.15) is 0 Å². The van der Waals surface area contributed by atoms with Crippen molar-refractivity contribution in [3.63, 3.8) is 0 Å². The third kappa shape index (κ3) is 4.06. The number of hydrogen-bond donors (Lipinski definition) is 0. The summed E-state index contributed by atoms with van der Waals surface area (Å²) >= 11 is 7.29. The van der Waals surface area contributed by atoms with Crippen LogP contribution < -0.4 is 0 Å². The molecule has 0 bridgehead atoms. The van der Waals surface area contributed by atoms with Gasteiger partial charge in [-0.15, -0.1) is 11.8 Å². The van der Waals surface area contributed by atoms with Gasteiger partial charge in [0.25, 0.3) is 0 Å². The average Bonchev–Trinajstić information content (AvgIpc) is 2.66. The third-order valence-corrected chi connectivity index (χ3v) is 4.97. The van der Waals surface area contributed by atoms with Crippen molar-refractivity contribution in [2.75, 3.05) is 6.26 Å². The summed E-state index contributed by atoms with van der Waals surface area (Å²) in [5, 5.41) is 0.574. The van der Waals surface area contributed by atoms with E-state index in [2.05, 4.69) is 0 Å². The first-order valence-corrected chi connectivity index (χ1v) is 9.60. The van der Waals surface area contributed by atoms with Crippen LogP contribution in [0.4, 0.5) is 4.39 Å². The molecule has 0 saturated heterocycles. The van der Waals surface area contributed by atoms with Crippen LogP contribution in [0.25, 0.3) is 5.57 Å². The maximum Gasteiger partial charge on any atom is 0.199 e. The molecule has 0 aliphatic rings. The lowest BCUT2D eigenvalue weighted by Crippen LogP contribution is -2.05. The lowest BCUT2D eigenvalue weighted by atomic mass is 9.95. The lowest BCUT2D eigenvalue weighted by Gasteiger charge is -2.14. The zero-order valence-corrected chi connectivity index (χ0v) is 15.7. The van der Waals surface area contributed by atoms with Gasteiger partial charge < -0.3 is 0 Å². The molecule has 0 heterocycles. The Morgan fingerprint density at radius 2 is 1.50 bits per heavy atom. The van der Waals surface area contributed by atoms with Gasteiger partial charge in [-0.1, -0.05) is 54.1 Å². The van der Waals surface area contributed by atoms with Crippen LogP contribution in [-0.2, 0) is 0 Å². The number of allylic oxidation sites excluding steroid dienone is 1. The number of halogens is 2. The van der Waals surface area contributed by atoms with Crippen molar-refractivity contribution in [1.82, 2.24) is 0 Å². The Kier molecular flexibility index (Phi) is 5.92. The van der Waals surface area contributed by atoms with E-state index >= 15 is 0 Å². The van der Waals surface area contributed by atoms with Gasteiger partial charge in [0.15, 0.2) is 5.78 Å². The van der Waals surface area contributed by atoms with E-state index in [9.17, 15) is 9.18 Å². The van der Waals surface area contributed by atoms with Crippen LogP contribution in [0.5, 0.6) is 0 Å². The predicted octanol–water partition coefficient (Wildman–Crippen LogP) is 6.48. The number of carbonyl (C=O) groups excluding carboxylic acids is 1. The van der Waals surface area contributed by atoms with E-state index < -0.39 is 0 Å². The molecular weight excluding hydrogens is 367 g/mol. The quantitative estimate of drug-likeness (QED) is 0.371. The smallest absolute Gasteiger partial charge is 0.199 e. The van der Waals surface area contributed by atoms with Crippen LogP contribution in [0.1, 0.15) is 21.5 Å². The summed E-state index contributed by atoms with van der Waals surface area (Å²) in [7, 11) is 0. The number of thioether (sulfide) groups is 1. The number of benzene rings is 3. The molecule has 26 heavy (non-hydrogen) atoms. The highest BCUT2D eigenvalue weighted by Gasteiger charge is 2.19. The molecule has 0 atom stereocenters. The van der Waals surface area contributed by atoms with Crippen molar-refractivity contribution in [2.24, 2.45) is 0 Å². The second kappa shape index (κ2) is 8.35. The van der Waals surface area contributed by atoms with E-state index in [0.29, 0.717) is 21.1 Å². The van der Waals surface area contributed by atoms with Crippen LogP contribution in [0.3, 0.4) is 0 Å². The van der Waals surface area contributed by atoms with Gasteiger partial charge in [0.2, 0.25) is 0 Å². The van der Waals surface area contributed by atoms with Crippen molar-refractivity contribution in [2.45, 2.75) is 0 Å². The fourth-order valence-corrected chi connectivity index (χ4v) is 3.59. The summed E-state index contributed by atoms with van der Waals surface area (Å²) < 4.78 is 13.9. The van der Waals surface area contributed by atoms with Crippen molar-refractivity contribution in [1.29, 1.82) is 0 Å². The largest absolute Gasteiger partial charge is 0.288 e. The second-order valence-electron chi connectivity index (χ2n) is 5.62. The van der Waals surface area contributed by atoms with Gasteiger partial charge >= 0.3 is 0 Å². The Bertz CT molecular complexity index is 949. The minimum Gasteiger partial charge on any atom is -0.288 e. The molecule has 0 N–H and O–H groups in total. The molecule has 0 fully saturated rings. The molecule has 0 spiro atoms. The highest BCUT2D eigenvalue weighted by atomic mass is 35.5. The lowest BCUT2D eigenvalue weighted by molar-refractivity contribution is 0.104. The second-order valence-corrected chi connectivity index (χ2v) is 6.87. The Morgan fingerprint density at radius 3 is 2.12 bits per heavy atom. The zero-order valence-electron chi connectivity index (χ0n) is 14.1. The topological polar surface area (TPSA) is 17.1 Å². The van der Waals surface area contributed by atoms with Gasteiger partial charge in [0.05, 0.1) is 4.91 Å². The fourth-order valence-electron chi connectivity index (χ4n) is 2.72. The van der Waals surface area contributed by atoms with Gasteiger partial charge in [-0.25, -0.2) is 4.39 Å². The molecule has 130 valence electrons. The minimum absolute atomic E-state index is 0.114. The molecule has 1 nitrogen and oxygen atoms in total. The van der Waals surface area contributed by atoms with E-state index in [4.69, 9.17) is 11.6 Å². The maximum atomic E-state index is 13.9. The van der Waals surface area contributed by atoms with Crippen LogP contribution in [0, 0.1) is 5.82 Å². The van der Waals surface area contributed by atoms with Gasteiger partial charge in [-0.3, -0.25) is 4.79 Å².